The van der Waals surface area contributed by atoms with Gasteiger partial charge in [-0.2, -0.15) is 0 Å². The third-order valence-electron chi connectivity index (χ3n) is 4.51. The van der Waals surface area contributed by atoms with Gasteiger partial charge in [-0.25, -0.2) is 8.42 Å². The second-order valence-corrected chi connectivity index (χ2v) is 11.1. The number of fused-ring (bicyclic) bond motifs is 1. The van der Waals surface area contributed by atoms with E-state index in [1.165, 1.54) is 23.9 Å². The molecule has 2 N–H and O–H groups in total. The van der Waals surface area contributed by atoms with Gasteiger partial charge < -0.3 is 14.5 Å². The van der Waals surface area contributed by atoms with E-state index in [-0.39, 0.29) is 39.7 Å². The lowest BCUT2D eigenvalue weighted by atomic mass is 10.2. The van der Waals surface area contributed by atoms with Crippen molar-refractivity contribution in [1.29, 1.82) is 0 Å². The highest BCUT2D eigenvalue weighted by Gasteiger charge is 2.32. The molecule has 0 spiro atoms. The molecule has 182 valence electrons. The number of aromatic nitrogens is 1. The lowest BCUT2D eigenvalue weighted by molar-refractivity contribution is -0.274. The van der Waals surface area contributed by atoms with E-state index in [0.717, 1.165) is 23.5 Å². The fourth-order valence-electron chi connectivity index (χ4n) is 3.19. The molecule has 3 aromatic rings. The fourth-order valence-corrected chi connectivity index (χ4v) is 6.19. The largest absolute Gasteiger partial charge is 0.573 e. The van der Waals surface area contributed by atoms with Gasteiger partial charge in [0, 0.05) is 17.9 Å². The number of benzene rings is 1. The zero-order chi connectivity index (χ0) is 24.5. The molecule has 0 amide bonds. The highest BCUT2D eigenvalue weighted by atomic mass is 32.2. The number of thiophene rings is 1. The molecule has 1 aliphatic rings. The van der Waals surface area contributed by atoms with Gasteiger partial charge in [-0.05, 0) is 30.0 Å². The standard InChI is InChI=1S/C20H18F3N3O5S3/c1-2-4-15(27)30-16-10-24-19(33-16)14-8-11-7-12(31-20(21,22)23)9-13(18(11)25-14)26-34(28,29)17-5-3-6-32-17/h3,5-9,16,25-26H,2,4,10H2,1H3. The Morgan fingerprint density at radius 1 is 1.32 bits per heavy atom. The summed E-state index contributed by atoms with van der Waals surface area (Å²) in [6, 6.07) is 6.56. The number of anilines is 1. The Balaban J connectivity index is 1.66. The third-order valence-corrected chi connectivity index (χ3v) is 8.36. The summed E-state index contributed by atoms with van der Waals surface area (Å²) in [6.45, 7) is 2.08. The van der Waals surface area contributed by atoms with Crippen molar-refractivity contribution in [3.05, 3.63) is 41.4 Å². The van der Waals surface area contributed by atoms with Crippen LogP contribution in [0, 0.1) is 0 Å². The van der Waals surface area contributed by atoms with Crippen molar-refractivity contribution in [2.75, 3.05) is 11.3 Å². The average molecular weight is 534 g/mol. The Morgan fingerprint density at radius 2 is 2.12 bits per heavy atom. The van der Waals surface area contributed by atoms with Crippen LogP contribution >= 0.6 is 23.1 Å². The maximum absolute atomic E-state index is 12.9. The van der Waals surface area contributed by atoms with Crippen molar-refractivity contribution in [1.82, 2.24) is 4.98 Å². The minimum absolute atomic E-state index is 0.00188. The fraction of sp³-hybridized carbons (Fsp3) is 0.300. The summed E-state index contributed by atoms with van der Waals surface area (Å²) in [5.74, 6) is -0.922. The van der Waals surface area contributed by atoms with Crippen LogP contribution in [0.4, 0.5) is 18.9 Å². The molecule has 0 bridgehead atoms. The van der Waals surface area contributed by atoms with Crippen LogP contribution in [-0.2, 0) is 19.6 Å². The maximum atomic E-state index is 12.9. The van der Waals surface area contributed by atoms with Gasteiger partial charge in [-0.15, -0.1) is 24.5 Å². The van der Waals surface area contributed by atoms with Crippen LogP contribution in [0.5, 0.6) is 5.75 Å². The molecule has 1 unspecified atom stereocenters. The Morgan fingerprint density at radius 3 is 2.79 bits per heavy atom. The van der Waals surface area contributed by atoms with Crippen LogP contribution in [0.3, 0.4) is 0 Å². The molecule has 8 nitrogen and oxygen atoms in total. The van der Waals surface area contributed by atoms with E-state index in [1.807, 2.05) is 6.92 Å². The second kappa shape index (κ2) is 9.50. The first-order valence-electron chi connectivity index (χ1n) is 9.94. The number of nitrogens with zero attached hydrogens (tertiary/aromatic N) is 1. The van der Waals surface area contributed by atoms with Gasteiger partial charge in [0.05, 0.1) is 23.4 Å². The Labute approximate surface area is 200 Å². The molecule has 0 aliphatic carbocycles. The monoisotopic (exact) mass is 533 g/mol. The number of thioether (sulfide) groups is 1. The predicted octanol–water partition coefficient (Wildman–Crippen LogP) is 5.09. The highest BCUT2D eigenvalue weighted by Crippen LogP contribution is 2.36. The number of alkyl halides is 3. The Hall–Kier alpha value is -2.71. The average Bonchev–Trinajstić information content (AvgIpc) is 3.47. The van der Waals surface area contributed by atoms with E-state index < -0.39 is 27.6 Å². The summed E-state index contributed by atoms with van der Waals surface area (Å²) >= 11 is 2.16. The highest BCUT2D eigenvalue weighted by molar-refractivity contribution is 8.15. The summed E-state index contributed by atoms with van der Waals surface area (Å²) in [6.07, 6.45) is -4.02. The third kappa shape index (κ3) is 5.67. The van der Waals surface area contributed by atoms with Crippen molar-refractivity contribution in [2.45, 2.75) is 35.8 Å². The van der Waals surface area contributed by atoms with Crippen LogP contribution in [0.1, 0.15) is 25.5 Å². The van der Waals surface area contributed by atoms with E-state index in [4.69, 9.17) is 4.74 Å². The summed E-state index contributed by atoms with van der Waals surface area (Å²) in [5.41, 5.74) is 0.0569. The molecule has 2 aromatic heterocycles. The molecule has 0 saturated carbocycles. The quantitative estimate of drug-likeness (QED) is 0.390. The summed E-state index contributed by atoms with van der Waals surface area (Å²) in [7, 11) is -4.04. The number of aromatic amines is 1. The summed E-state index contributed by atoms with van der Waals surface area (Å²) in [5, 5.41) is 2.32. The Bertz CT molecular complexity index is 1330. The maximum Gasteiger partial charge on any atom is 0.573 e. The topological polar surface area (TPSA) is 110 Å². The lowest BCUT2D eigenvalue weighted by Gasteiger charge is -2.12. The molecule has 0 fully saturated rings. The number of hydrogen-bond donors (Lipinski definition) is 2. The van der Waals surface area contributed by atoms with Crippen LogP contribution < -0.4 is 9.46 Å². The number of esters is 1. The number of H-pyrrole nitrogens is 1. The molecule has 1 aromatic carbocycles. The molecule has 34 heavy (non-hydrogen) atoms. The van der Waals surface area contributed by atoms with E-state index in [0.29, 0.717) is 17.2 Å². The number of ether oxygens (including phenoxy) is 2. The summed E-state index contributed by atoms with van der Waals surface area (Å²) < 4.78 is 75.7. The number of rotatable bonds is 8. The van der Waals surface area contributed by atoms with Gasteiger partial charge >= 0.3 is 12.3 Å². The minimum Gasteiger partial charge on any atom is -0.449 e. The van der Waals surface area contributed by atoms with E-state index in [2.05, 4.69) is 19.4 Å². The first kappa shape index (κ1) is 24.4. The minimum atomic E-state index is -4.96. The molecule has 0 saturated heterocycles. The van der Waals surface area contributed by atoms with Crippen molar-refractivity contribution in [3.8, 4) is 5.75 Å². The number of halogens is 3. The second-order valence-electron chi connectivity index (χ2n) is 7.14. The van der Waals surface area contributed by atoms with Crippen molar-refractivity contribution in [3.63, 3.8) is 0 Å². The first-order valence-corrected chi connectivity index (χ1v) is 13.2. The van der Waals surface area contributed by atoms with Gasteiger partial charge in [-0.1, -0.05) is 24.8 Å². The number of carbonyl (C=O) groups excluding carboxylic acids is 1. The molecular formula is C20H18F3N3O5S3. The number of nitrogens with one attached hydrogen (secondary N) is 2. The number of carbonyl (C=O) groups is 1. The molecular weight excluding hydrogens is 515 g/mol. The molecule has 1 aliphatic heterocycles. The predicted molar refractivity (Wildman–Crippen MR) is 124 cm³/mol. The van der Waals surface area contributed by atoms with E-state index in [1.54, 1.807) is 11.4 Å². The van der Waals surface area contributed by atoms with Crippen molar-refractivity contribution in [2.24, 2.45) is 4.99 Å². The van der Waals surface area contributed by atoms with Crippen molar-refractivity contribution >= 4 is 60.7 Å². The lowest BCUT2D eigenvalue weighted by Crippen LogP contribution is -2.17. The number of hydrogen-bond acceptors (Lipinski definition) is 8. The number of aliphatic imine (C=N–C) groups is 1. The first-order chi connectivity index (χ1) is 16.0. The van der Waals surface area contributed by atoms with Gasteiger partial charge in [0.15, 0.2) is 5.44 Å². The van der Waals surface area contributed by atoms with Gasteiger partial charge in [0.2, 0.25) is 0 Å². The summed E-state index contributed by atoms with van der Waals surface area (Å²) in [4.78, 5) is 19.1. The number of sulfonamides is 1. The van der Waals surface area contributed by atoms with Crippen LogP contribution in [-0.4, -0.2) is 42.8 Å². The normalized spacial score (nSPS) is 16.5. The Kier molecular flexibility index (Phi) is 6.82. The van der Waals surface area contributed by atoms with Crippen LogP contribution in [0.2, 0.25) is 0 Å². The van der Waals surface area contributed by atoms with Crippen LogP contribution in [0.15, 0.2) is 44.9 Å². The molecule has 3 heterocycles. The molecule has 0 radical (unpaired) electrons. The van der Waals surface area contributed by atoms with Crippen molar-refractivity contribution < 1.29 is 35.9 Å². The van der Waals surface area contributed by atoms with Crippen LogP contribution in [0.25, 0.3) is 10.9 Å². The molecule has 14 heteroatoms. The van der Waals surface area contributed by atoms with Gasteiger partial charge in [0.25, 0.3) is 10.0 Å². The SMILES string of the molecule is CCCC(=O)OC1CN=C(c2cc3cc(OC(F)(F)F)cc(NS(=O)(=O)c4cccs4)c3[nH]2)S1. The van der Waals surface area contributed by atoms with E-state index >= 15 is 0 Å². The van der Waals surface area contributed by atoms with Gasteiger partial charge in [-0.3, -0.25) is 14.5 Å². The molecule has 4 rings (SSSR count). The zero-order valence-corrected chi connectivity index (χ0v) is 20.0. The zero-order valence-electron chi connectivity index (χ0n) is 17.5. The van der Waals surface area contributed by atoms with Gasteiger partial charge in [0.1, 0.15) is 15.0 Å². The smallest absolute Gasteiger partial charge is 0.449 e. The molecule has 1 atom stereocenters. The van der Waals surface area contributed by atoms with E-state index in [9.17, 15) is 26.4 Å².